The second-order valence-electron chi connectivity index (χ2n) is 7.86. The van der Waals surface area contributed by atoms with Gasteiger partial charge in [-0.15, -0.1) is 0 Å². The van der Waals surface area contributed by atoms with Gasteiger partial charge in [-0.25, -0.2) is 13.1 Å². The first-order valence-electron chi connectivity index (χ1n) is 10.7. The lowest BCUT2D eigenvalue weighted by atomic mass is 9.91. The van der Waals surface area contributed by atoms with Crippen molar-refractivity contribution in [2.75, 3.05) is 12.3 Å². The zero-order valence-electron chi connectivity index (χ0n) is 18.2. The molecule has 2 aromatic carbocycles. The lowest BCUT2D eigenvalue weighted by molar-refractivity contribution is 0.112. The third-order valence-electron chi connectivity index (χ3n) is 5.57. The Morgan fingerprint density at radius 3 is 2.61 bits per heavy atom. The van der Waals surface area contributed by atoms with Crippen LogP contribution in [-0.2, 0) is 10.0 Å². The van der Waals surface area contributed by atoms with Crippen LogP contribution in [0.3, 0.4) is 0 Å². The topological polar surface area (TPSA) is 126 Å². The van der Waals surface area contributed by atoms with Crippen LogP contribution in [0.4, 0.5) is 5.69 Å². The summed E-state index contributed by atoms with van der Waals surface area (Å²) in [6, 6.07) is 15.3. The van der Waals surface area contributed by atoms with E-state index < -0.39 is 10.0 Å². The molecule has 7 nitrogen and oxygen atoms in total. The fourth-order valence-electron chi connectivity index (χ4n) is 3.98. The number of aldehydes is 1. The summed E-state index contributed by atoms with van der Waals surface area (Å²) >= 11 is 0. The van der Waals surface area contributed by atoms with Crippen molar-refractivity contribution in [3.63, 3.8) is 0 Å². The minimum atomic E-state index is -4.02. The molecule has 4 N–H and O–H groups in total. The quantitative estimate of drug-likeness (QED) is 0.153. The summed E-state index contributed by atoms with van der Waals surface area (Å²) in [4.78, 5) is 11.6. The van der Waals surface area contributed by atoms with Crippen molar-refractivity contribution in [3.8, 4) is 22.5 Å². The summed E-state index contributed by atoms with van der Waals surface area (Å²) in [5.74, 6) is 0.0549. The van der Waals surface area contributed by atoms with Crippen LogP contribution in [0.25, 0.3) is 33.4 Å². The van der Waals surface area contributed by atoms with Gasteiger partial charge in [0.15, 0.2) is 16.9 Å². The zero-order chi connectivity index (χ0) is 23.6. The molecule has 0 spiro atoms. The van der Waals surface area contributed by atoms with Gasteiger partial charge in [0.25, 0.3) is 0 Å². The summed E-state index contributed by atoms with van der Waals surface area (Å²) in [6.07, 6.45) is 3.32. The number of carbonyl (C=O) groups is 1. The van der Waals surface area contributed by atoms with Crippen LogP contribution in [0.2, 0.25) is 0 Å². The molecule has 0 atom stereocenters. The molecule has 4 rings (SSSR count). The molecule has 0 radical (unpaired) electrons. The van der Waals surface area contributed by atoms with Crippen LogP contribution in [0.5, 0.6) is 0 Å². The van der Waals surface area contributed by atoms with Crippen molar-refractivity contribution in [2.45, 2.75) is 31.1 Å². The van der Waals surface area contributed by atoms with Crippen molar-refractivity contribution in [1.29, 1.82) is 5.41 Å². The van der Waals surface area contributed by atoms with E-state index in [1.54, 1.807) is 42.5 Å². The van der Waals surface area contributed by atoms with E-state index in [1.807, 2.05) is 13.0 Å². The van der Waals surface area contributed by atoms with E-state index in [9.17, 15) is 13.2 Å². The highest BCUT2D eigenvalue weighted by Crippen LogP contribution is 2.43. The van der Waals surface area contributed by atoms with Crippen LogP contribution in [0, 0.1) is 5.41 Å². The number of sulfonamides is 1. The molecule has 170 valence electrons. The molecule has 0 fully saturated rings. The smallest absolute Gasteiger partial charge is 0.246 e. The van der Waals surface area contributed by atoms with E-state index in [-0.39, 0.29) is 22.6 Å². The summed E-state index contributed by atoms with van der Waals surface area (Å²) in [5.41, 5.74) is 9.03. The number of fused-ring (bicyclic) bond motifs is 2. The monoisotopic (exact) mass is 463 g/mol. The van der Waals surface area contributed by atoms with Gasteiger partial charge in [0.1, 0.15) is 5.58 Å². The third-order valence-corrected chi connectivity index (χ3v) is 7.09. The molecule has 0 aromatic heterocycles. The molecule has 8 heteroatoms. The number of anilines is 1. The van der Waals surface area contributed by atoms with Crippen molar-refractivity contribution in [2.24, 2.45) is 0 Å². The molecule has 0 unspecified atom stereocenters. The summed E-state index contributed by atoms with van der Waals surface area (Å²) in [5, 5.41) is 8.88. The van der Waals surface area contributed by atoms with Gasteiger partial charge in [0, 0.05) is 40.4 Å². The Labute approximate surface area is 192 Å². The molecular weight excluding hydrogens is 438 g/mol. The molecule has 1 heterocycles. The predicted molar refractivity (Wildman–Crippen MR) is 129 cm³/mol. The maximum Gasteiger partial charge on any atom is 0.246 e. The van der Waals surface area contributed by atoms with Gasteiger partial charge >= 0.3 is 0 Å². The Balaban J connectivity index is 2.05. The van der Waals surface area contributed by atoms with Gasteiger partial charge in [-0.05, 0) is 36.2 Å². The average Bonchev–Trinajstić information content (AvgIpc) is 2.80. The van der Waals surface area contributed by atoms with Gasteiger partial charge < -0.3 is 10.2 Å². The van der Waals surface area contributed by atoms with Crippen LogP contribution in [0.15, 0.2) is 63.9 Å². The average molecular weight is 464 g/mol. The Hall–Kier alpha value is -3.49. The largest absolute Gasteiger partial charge is 0.454 e. The summed E-state index contributed by atoms with van der Waals surface area (Å²) in [6.45, 7) is 2.31. The van der Waals surface area contributed by atoms with Gasteiger partial charge in [0.2, 0.25) is 10.0 Å². The maximum absolute atomic E-state index is 13.2. The highest BCUT2D eigenvalue weighted by Gasteiger charge is 2.28. The fourth-order valence-corrected chi connectivity index (χ4v) is 5.29. The molecule has 1 aliphatic carbocycles. The van der Waals surface area contributed by atoms with Crippen molar-refractivity contribution >= 4 is 33.0 Å². The standard InChI is InChI=1S/C25H25N3O4S/c1-2-3-6-13-28-33(30,31)25-21(27)12-11-20-23(18-8-5-4-7-16(18)15-29)19-10-9-17(26)14-22(19)32-24(20)25/h4-5,7-12,14-15,27-28H,2-3,6,13,26H2,1H3. The minimum Gasteiger partial charge on any atom is -0.454 e. The second-order valence-corrected chi connectivity index (χ2v) is 9.57. The lowest BCUT2D eigenvalue weighted by Crippen LogP contribution is -2.30. The number of nitrogens with one attached hydrogen (secondary N) is 2. The minimum absolute atomic E-state index is 0.0549. The number of benzene rings is 3. The molecule has 33 heavy (non-hydrogen) atoms. The fraction of sp³-hybridized carbons (Fsp3) is 0.200. The van der Waals surface area contributed by atoms with Crippen molar-refractivity contribution < 1.29 is 17.6 Å². The van der Waals surface area contributed by atoms with E-state index in [0.29, 0.717) is 45.3 Å². The van der Waals surface area contributed by atoms with E-state index in [1.165, 1.54) is 6.07 Å². The molecular formula is C25H25N3O4S. The molecule has 0 saturated carbocycles. The Morgan fingerprint density at radius 2 is 1.85 bits per heavy atom. The molecule has 0 saturated heterocycles. The summed E-state index contributed by atoms with van der Waals surface area (Å²) in [7, 11) is -4.02. The van der Waals surface area contributed by atoms with Gasteiger partial charge in [0.05, 0.1) is 5.36 Å². The number of hydrogen-bond donors (Lipinski definition) is 3. The first-order valence-corrected chi connectivity index (χ1v) is 12.2. The second kappa shape index (κ2) is 9.17. The normalized spacial score (nSPS) is 11.8. The molecule has 0 amide bonds. The van der Waals surface area contributed by atoms with Crippen LogP contribution in [0.1, 0.15) is 36.5 Å². The third kappa shape index (κ3) is 4.27. The molecule has 2 aromatic rings. The Kier molecular flexibility index (Phi) is 6.31. The number of nitrogens with two attached hydrogens (primary N) is 1. The van der Waals surface area contributed by atoms with Gasteiger partial charge in [-0.1, -0.05) is 44.0 Å². The summed E-state index contributed by atoms with van der Waals surface area (Å²) < 4.78 is 35.1. The highest BCUT2D eigenvalue weighted by atomic mass is 32.2. The first-order chi connectivity index (χ1) is 15.9. The molecule has 1 aliphatic heterocycles. The van der Waals surface area contributed by atoms with E-state index in [0.717, 1.165) is 19.1 Å². The SMILES string of the molecule is CCCCCNS(=O)(=O)c1c2oc3cc(N)ccc3c(-c3ccccc3C=O)c-2ccc1=N. The predicted octanol–water partition coefficient (Wildman–Crippen LogP) is 4.55. The van der Waals surface area contributed by atoms with Gasteiger partial charge in [-0.3, -0.25) is 10.2 Å². The first kappa shape index (κ1) is 22.7. The number of carbonyl (C=O) groups excluding carboxylic acids is 1. The highest BCUT2D eigenvalue weighted by molar-refractivity contribution is 7.89. The maximum atomic E-state index is 13.2. The van der Waals surface area contributed by atoms with Crippen LogP contribution < -0.4 is 15.8 Å². The number of nitrogen functional groups attached to an aromatic ring is 1. The van der Waals surface area contributed by atoms with Gasteiger partial charge in [-0.2, -0.15) is 0 Å². The van der Waals surface area contributed by atoms with E-state index in [2.05, 4.69) is 4.72 Å². The molecule has 0 bridgehead atoms. The number of hydrogen-bond acceptors (Lipinski definition) is 6. The number of unbranched alkanes of at least 4 members (excludes halogenated alkanes) is 2. The lowest BCUT2D eigenvalue weighted by Gasteiger charge is -2.19. The number of rotatable bonds is 8. The Bertz CT molecular complexity index is 1480. The molecule has 2 aliphatic rings. The van der Waals surface area contributed by atoms with E-state index in [4.69, 9.17) is 15.6 Å². The van der Waals surface area contributed by atoms with Crippen LogP contribution in [-0.4, -0.2) is 21.2 Å². The van der Waals surface area contributed by atoms with Crippen molar-refractivity contribution in [1.82, 2.24) is 4.72 Å². The van der Waals surface area contributed by atoms with Crippen LogP contribution >= 0.6 is 0 Å². The Morgan fingerprint density at radius 1 is 1.06 bits per heavy atom. The zero-order valence-corrected chi connectivity index (χ0v) is 19.0. The van der Waals surface area contributed by atoms with Crippen molar-refractivity contribution in [3.05, 3.63) is 65.5 Å². The van der Waals surface area contributed by atoms with E-state index >= 15 is 0 Å².